The van der Waals surface area contributed by atoms with Crippen LogP contribution >= 0.6 is 27.3 Å². The molecule has 4 nitrogen and oxygen atoms in total. The Morgan fingerprint density at radius 3 is 2.95 bits per heavy atom. The molecule has 0 saturated heterocycles. The molecule has 1 amide bonds. The predicted molar refractivity (Wildman–Crippen MR) is 90.7 cm³/mol. The maximum absolute atomic E-state index is 12.1. The molecule has 0 fully saturated rings. The Kier molecular flexibility index (Phi) is 3.35. The number of aromatic nitrogens is 2. The Balaban J connectivity index is 1.86. The van der Waals surface area contributed by atoms with Gasteiger partial charge in [-0.2, -0.15) is 11.3 Å². The van der Waals surface area contributed by atoms with Gasteiger partial charge in [0.15, 0.2) is 0 Å². The summed E-state index contributed by atoms with van der Waals surface area (Å²) >= 11 is 5.20. The number of benzene rings is 1. The van der Waals surface area contributed by atoms with Crippen LogP contribution in [0.5, 0.6) is 0 Å². The molecule has 0 aliphatic carbocycles. The average molecular weight is 374 g/mol. The maximum Gasteiger partial charge on any atom is 0.226 e. The molecular weight excluding hydrogens is 362 g/mol. The Labute approximate surface area is 139 Å². The van der Waals surface area contributed by atoms with E-state index in [1.807, 2.05) is 34.2 Å². The zero-order valence-corrected chi connectivity index (χ0v) is 13.9. The average Bonchev–Trinajstić information content (AvgIpc) is 3.16. The zero-order valence-electron chi connectivity index (χ0n) is 11.5. The summed E-state index contributed by atoms with van der Waals surface area (Å²) in [6.45, 7) is 0. The van der Waals surface area contributed by atoms with Gasteiger partial charge < -0.3 is 5.32 Å². The fourth-order valence-electron chi connectivity index (χ4n) is 2.79. The third kappa shape index (κ3) is 2.19. The molecule has 0 unspecified atom stereocenters. The number of imidazole rings is 1. The van der Waals surface area contributed by atoms with E-state index in [-0.39, 0.29) is 11.8 Å². The minimum absolute atomic E-state index is 0.0255. The summed E-state index contributed by atoms with van der Waals surface area (Å²) in [7, 11) is 0. The van der Waals surface area contributed by atoms with E-state index in [2.05, 4.69) is 37.7 Å². The first kappa shape index (κ1) is 13.7. The van der Waals surface area contributed by atoms with Crippen LogP contribution in [-0.2, 0) is 4.79 Å². The Morgan fingerprint density at radius 2 is 2.18 bits per heavy atom. The summed E-state index contributed by atoms with van der Waals surface area (Å²) in [4.78, 5) is 16.7. The molecule has 22 heavy (non-hydrogen) atoms. The number of para-hydroxylation sites is 1. The van der Waals surface area contributed by atoms with Crippen molar-refractivity contribution in [2.75, 3.05) is 5.32 Å². The summed E-state index contributed by atoms with van der Waals surface area (Å²) in [6.07, 6.45) is 2.21. The predicted octanol–water partition coefficient (Wildman–Crippen LogP) is 4.17. The second-order valence-electron chi connectivity index (χ2n) is 5.16. The Hall–Kier alpha value is -1.92. The van der Waals surface area contributed by atoms with Crippen molar-refractivity contribution in [3.05, 3.63) is 63.1 Å². The minimum Gasteiger partial charge on any atom is -0.310 e. The van der Waals surface area contributed by atoms with Crippen LogP contribution < -0.4 is 5.32 Å². The number of anilines is 1. The fraction of sp³-hybridized carbons (Fsp3) is 0.125. The lowest BCUT2D eigenvalue weighted by atomic mass is 9.92. The Bertz CT molecular complexity index is 841. The van der Waals surface area contributed by atoms with E-state index in [4.69, 9.17) is 0 Å². The van der Waals surface area contributed by atoms with Crippen molar-refractivity contribution in [2.24, 2.45) is 0 Å². The molecule has 6 heteroatoms. The highest BCUT2D eigenvalue weighted by molar-refractivity contribution is 9.10. The van der Waals surface area contributed by atoms with Crippen LogP contribution in [0.15, 0.2) is 51.9 Å². The lowest BCUT2D eigenvalue weighted by Crippen LogP contribution is -2.24. The van der Waals surface area contributed by atoms with Crippen LogP contribution in [-0.4, -0.2) is 15.5 Å². The summed E-state index contributed by atoms with van der Waals surface area (Å²) in [6, 6.07) is 9.96. The van der Waals surface area contributed by atoms with Gasteiger partial charge in [0.05, 0.1) is 11.4 Å². The van der Waals surface area contributed by atoms with Crippen molar-refractivity contribution in [1.82, 2.24) is 9.55 Å². The molecule has 2 aromatic heterocycles. The number of hydrogen-bond acceptors (Lipinski definition) is 3. The normalized spacial score (nSPS) is 17.1. The van der Waals surface area contributed by atoms with Gasteiger partial charge in [-0.05, 0) is 50.5 Å². The third-order valence-electron chi connectivity index (χ3n) is 3.83. The third-order valence-corrected chi connectivity index (χ3v) is 5.20. The summed E-state index contributed by atoms with van der Waals surface area (Å²) in [5, 5.41) is 7.09. The van der Waals surface area contributed by atoms with Gasteiger partial charge in [0.2, 0.25) is 5.91 Å². The first-order valence-electron chi connectivity index (χ1n) is 6.88. The first-order valence-corrected chi connectivity index (χ1v) is 8.61. The number of thiophene rings is 1. The number of carbonyl (C=O) groups is 1. The summed E-state index contributed by atoms with van der Waals surface area (Å²) in [5.74, 6) is 0.815. The molecule has 4 rings (SSSR count). The number of amides is 1. The number of carbonyl (C=O) groups excluding carboxylic acids is 1. The molecule has 1 N–H and O–H groups in total. The van der Waals surface area contributed by atoms with Crippen LogP contribution in [0.2, 0.25) is 0 Å². The highest BCUT2D eigenvalue weighted by Gasteiger charge is 2.31. The second kappa shape index (κ2) is 5.37. The van der Waals surface area contributed by atoms with Gasteiger partial charge >= 0.3 is 0 Å². The fourth-order valence-corrected chi connectivity index (χ4v) is 3.98. The first-order chi connectivity index (χ1) is 10.7. The van der Waals surface area contributed by atoms with Gasteiger partial charge in [-0.1, -0.05) is 12.1 Å². The molecule has 110 valence electrons. The van der Waals surface area contributed by atoms with Gasteiger partial charge in [0.1, 0.15) is 12.1 Å². The highest BCUT2D eigenvalue weighted by Crippen LogP contribution is 2.38. The topological polar surface area (TPSA) is 46.9 Å². The van der Waals surface area contributed by atoms with E-state index < -0.39 is 0 Å². The van der Waals surface area contributed by atoms with Crippen LogP contribution in [0.25, 0.3) is 5.69 Å². The van der Waals surface area contributed by atoms with Crippen molar-refractivity contribution >= 4 is 39.0 Å². The van der Waals surface area contributed by atoms with Gasteiger partial charge in [-0.3, -0.25) is 9.36 Å². The number of halogens is 1. The Morgan fingerprint density at radius 1 is 1.32 bits per heavy atom. The molecule has 3 heterocycles. The lowest BCUT2D eigenvalue weighted by molar-refractivity contribution is -0.116. The number of fused-ring (bicyclic) bond motifs is 1. The van der Waals surface area contributed by atoms with Crippen molar-refractivity contribution in [3.8, 4) is 5.69 Å². The zero-order chi connectivity index (χ0) is 15.1. The molecule has 0 saturated carbocycles. The minimum atomic E-state index is 0.0255. The van der Waals surface area contributed by atoms with Crippen LogP contribution in [0.4, 0.5) is 5.82 Å². The molecule has 3 aromatic rings. The van der Waals surface area contributed by atoms with Crippen LogP contribution in [0.3, 0.4) is 0 Å². The monoisotopic (exact) mass is 373 g/mol. The van der Waals surface area contributed by atoms with Crippen molar-refractivity contribution < 1.29 is 4.79 Å². The number of rotatable bonds is 2. The van der Waals surface area contributed by atoms with E-state index in [0.717, 1.165) is 27.2 Å². The lowest BCUT2D eigenvalue weighted by Gasteiger charge is -2.22. The smallest absolute Gasteiger partial charge is 0.226 e. The molecular formula is C16H12BrN3OS. The van der Waals surface area contributed by atoms with E-state index in [1.165, 1.54) is 0 Å². The molecule has 1 aliphatic rings. The second-order valence-corrected chi connectivity index (χ2v) is 6.80. The molecule has 1 atom stereocenters. The van der Waals surface area contributed by atoms with E-state index in [0.29, 0.717) is 6.42 Å². The molecule has 1 aromatic carbocycles. The van der Waals surface area contributed by atoms with Crippen LogP contribution in [0.1, 0.15) is 23.6 Å². The quantitative estimate of drug-likeness (QED) is 0.732. The molecule has 0 spiro atoms. The molecule has 0 radical (unpaired) electrons. The molecule has 1 aliphatic heterocycles. The van der Waals surface area contributed by atoms with E-state index >= 15 is 0 Å². The number of nitrogens with one attached hydrogen (secondary N) is 1. The van der Waals surface area contributed by atoms with Crippen LogP contribution in [0, 0.1) is 0 Å². The number of nitrogens with zero attached hydrogens (tertiary/aromatic N) is 2. The number of hydrogen-bond donors (Lipinski definition) is 1. The van der Waals surface area contributed by atoms with Gasteiger partial charge in [0, 0.05) is 16.8 Å². The van der Waals surface area contributed by atoms with E-state index in [1.54, 1.807) is 17.7 Å². The van der Waals surface area contributed by atoms with Crippen molar-refractivity contribution in [3.63, 3.8) is 0 Å². The maximum atomic E-state index is 12.1. The van der Waals surface area contributed by atoms with Crippen molar-refractivity contribution in [2.45, 2.75) is 12.3 Å². The largest absolute Gasteiger partial charge is 0.310 e. The van der Waals surface area contributed by atoms with Crippen molar-refractivity contribution in [1.29, 1.82) is 0 Å². The molecule has 0 bridgehead atoms. The summed E-state index contributed by atoms with van der Waals surface area (Å²) in [5.41, 5.74) is 3.04. The SMILES string of the molecule is O=C1C[C@@H](c2ccsc2)c2ncn(-c3ccccc3Br)c2N1. The van der Waals surface area contributed by atoms with Gasteiger partial charge in [-0.25, -0.2) is 4.98 Å². The van der Waals surface area contributed by atoms with Gasteiger partial charge in [-0.15, -0.1) is 0 Å². The standard InChI is InChI=1S/C16H12BrN3OS/c17-12-3-1-2-4-13(12)20-9-18-15-11(10-5-6-22-8-10)7-14(21)19-16(15)20/h1-6,8-9,11H,7H2,(H,19,21)/t11-/m0/s1. The summed E-state index contributed by atoms with van der Waals surface area (Å²) < 4.78 is 2.89. The highest BCUT2D eigenvalue weighted by atomic mass is 79.9. The van der Waals surface area contributed by atoms with Gasteiger partial charge in [0.25, 0.3) is 0 Å². The van der Waals surface area contributed by atoms with E-state index in [9.17, 15) is 4.79 Å².